The van der Waals surface area contributed by atoms with Crippen LogP contribution in [0.3, 0.4) is 0 Å². The maximum absolute atomic E-state index is 6.01. The summed E-state index contributed by atoms with van der Waals surface area (Å²) in [5, 5.41) is 8.44. The van der Waals surface area contributed by atoms with Gasteiger partial charge in [-0.3, -0.25) is 0 Å². The molecule has 0 amide bonds. The first-order valence-corrected chi connectivity index (χ1v) is 7.68. The number of hydrogen-bond donors (Lipinski definition) is 1. The second-order valence-corrected chi connectivity index (χ2v) is 5.83. The van der Waals surface area contributed by atoms with E-state index in [1.165, 1.54) is 0 Å². The predicted molar refractivity (Wildman–Crippen MR) is 90.0 cm³/mol. The standard InChI is InChI=1S/C16H13BrClN3/c17-13-10-12(6-7-14(13)18)11-19-15-4-1-2-5-16(15)21-9-3-8-20-21/h1-10,19H,11H2. The topological polar surface area (TPSA) is 29.9 Å². The Bertz CT molecular complexity index is 741. The summed E-state index contributed by atoms with van der Waals surface area (Å²) in [5.74, 6) is 0. The number of benzene rings is 2. The smallest absolute Gasteiger partial charge is 0.0876 e. The number of anilines is 1. The first-order valence-electron chi connectivity index (χ1n) is 6.51. The SMILES string of the molecule is Clc1ccc(CNc2ccccc2-n2cccn2)cc1Br. The van der Waals surface area contributed by atoms with Crippen LogP contribution in [-0.4, -0.2) is 9.78 Å². The minimum atomic E-state index is 0.716. The zero-order chi connectivity index (χ0) is 14.7. The molecule has 0 unspecified atom stereocenters. The summed E-state index contributed by atoms with van der Waals surface area (Å²) in [7, 11) is 0. The molecule has 0 aliphatic heterocycles. The summed E-state index contributed by atoms with van der Waals surface area (Å²) >= 11 is 9.46. The summed E-state index contributed by atoms with van der Waals surface area (Å²) in [4.78, 5) is 0. The Morgan fingerprint density at radius 3 is 2.76 bits per heavy atom. The van der Waals surface area contributed by atoms with Gasteiger partial charge in [0.15, 0.2) is 0 Å². The van der Waals surface area contributed by atoms with Crippen molar-refractivity contribution in [3.63, 3.8) is 0 Å². The molecule has 1 aromatic heterocycles. The number of aromatic nitrogens is 2. The Morgan fingerprint density at radius 2 is 2.00 bits per heavy atom. The van der Waals surface area contributed by atoms with Gasteiger partial charge in [0.2, 0.25) is 0 Å². The van der Waals surface area contributed by atoms with Gasteiger partial charge < -0.3 is 5.32 Å². The average molecular weight is 363 g/mol. The molecular weight excluding hydrogens is 350 g/mol. The molecule has 21 heavy (non-hydrogen) atoms. The Balaban J connectivity index is 1.81. The fourth-order valence-corrected chi connectivity index (χ4v) is 2.62. The van der Waals surface area contributed by atoms with E-state index in [1.807, 2.05) is 59.4 Å². The second kappa shape index (κ2) is 6.33. The lowest BCUT2D eigenvalue weighted by atomic mass is 10.2. The molecule has 1 heterocycles. The lowest BCUT2D eigenvalue weighted by Gasteiger charge is -2.12. The van der Waals surface area contributed by atoms with Gasteiger partial charge in [-0.1, -0.05) is 29.8 Å². The molecule has 0 aliphatic rings. The molecule has 0 fully saturated rings. The summed E-state index contributed by atoms with van der Waals surface area (Å²) in [6.07, 6.45) is 3.70. The van der Waals surface area contributed by atoms with Crippen LogP contribution < -0.4 is 5.32 Å². The molecule has 2 aromatic carbocycles. The monoisotopic (exact) mass is 361 g/mol. The lowest BCUT2D eigenvalue weighted by Crippen LogP contribution is -2.04. The number of hydrogen-bond acceptors (Lipinski definition) is 2. The molecule has 3 nitrogen and oxygen atoms in total. The van der Waals surface area contributed by atoms with Crippen LogP contribution in [0.25, 0.3) is 5.69 Å². The number of nitrogens with one attached hydrogen (secondary N) is 1. The van der Waals surface area contributed by atoms with E-state index in [0.717, 1.165) is 26.4 Å². The maximum Gasteiger partial charge on any atom is 0.0876 e. The van der Waals surface area contributed by atoms with Crippen molar-refractivity contribution in [2.45, 2.75) is 6.54 Å². The van der Waals surface area contributed by atoms with Gasteiger partial charge in [-0.15, -0.1) is 0 Å². The summed E-state index contributed by atoms with van der Waals surface area (Å²) in [6, 6.07) is 15.9. The van der Waals surface area contributed by atoms with Crippen molar-refractivity contribution in [2.24, 2.45) is 0 Å². The van der Waals surface area contributed by atoms with Crippen molar-refractivity contribution in [3.05, 3.63) is 76.0 Å². The van der Waals surface area contributed by atoms with E-state index in [4.69, 9.17) is 11.6 Å². The quantitative estimate of drug-likeness (QED) is 0.715. The highest BCUT2D eigenvalue weighted by molar-refractivity contribution is 9.10. The Hall–Kier alpha value is -1.78. The largest absolute Gasteiger partial charge is 0.379 e. The van der Waals surface area contributed by atoms with E-state index in [-0.39, 0.29) is 0 Å². The van der Waals surface area contributed by atoms with E-state index in [0.29, 0.717) is 6.54 Å². The Labute approximate surface area is 136 Å². The molecule has 5 heteroatoms. The van der Waals surface area contributed by atoms with E-state index in [2.05, 4.69) is 26.3 Å². The van der Waals surface area contributed by atoms with Gasteiger partial charge in [-0.2, -0.15) is 5.10 Å². The number of para-hydroxylation sites is 2. The molecule has 3 aromatic rings. The predicted octanol–water partition coefficient (Wildman–Crippen LogP) is 4.90. The van der Waals surface area contributed by atoms with Crippen LogP contribution in [-0.2, 0) is 6.54 Å². The third kappa shape index (κ3) is 3.28. The zero-order valence-electron chi connectivity index (χ0n) is 11.1. The van der Waals surface area contributed by atoms with Crippen molar-refractivity contribution < 1.29 is 0 Å². The van der Waals surface area contributed by atoms with Gasteiger partial charge in [-0.25, -0.2) is 4.68 Å². The first kappa shape index (κ1) is 14.2. The first-order chi connectivity index (χ1) is 10.2. The molecule has 106 valence electrons. The van der Waals surface area contributed by atoms with E-state index < -0.39 is 0 Å². The number of nitrogens with zero attached hydrogens (tertiary/aromatic N) is 2. The minimum absolute atomic E-state index is 0.716. The molecule has 0 bridgehead atoms. The fraction of sp³-hybridized carbons (Fsp3) is 0.0625. The average Bonchev–Trinajstić information content (AvgIpc) is 3.03. The molecule has 0 aliphatic carbocycles. The van der Waals surface area contributed by atoms with Gasteiger partial charge >= 0.3 is 0 Å². The fourth-order valence-electron chi connectivity index (χ4n) is 2.08. The van der Waals surface area contributed by atoms with E-state index in [1.54, 1.807) is 6.20 Å². The molecular formula is C16H13BrClN3. The van der Waals surface area contributed by atoms with Gasteiger partial charge in [0.05, 0.1) is 16.4 Å². The van der Waals surface area contributed by atoms with Gasteiger partial charge in [0, 0.05) is 23.4 Å². The Morgan fingerprint density at radius 1 is 1.14 bits per heavy atom. The van der Waals surface area contributed by atoms with Crippen LogP contribution in [0, 0.1) is 0 Å². The summed E-state index contributed by atoms with van der Waals surface area (Å²) in [5.41, 5.74) is 3.21. The van der Waals surface area contributed by atoms with Crippen molar-refractivity contribution in [1.29, 1.82) is 0 Å². The molecule has 0 saturated heterocycles. The molecule has 0 radical (unpaired) electrons. The van der Waals surface area contributed by atoms with E-state index >= 15 is 0 Å². The minimum Gasteiger partial charge on any atom is -0.379 e. The van der Waals surface area contributed by atoms with Gasteiger partial charge in [0.25, 0.3) is 0 Å². The van der Waals surface area contributed by atoms with Crippen LogP contribution in [0.4, 0.5) is 5.69 Å². The number of rotatable bonds is 4. The van der Waals surface area contributed by atoms with Crippen LogP contribution in [0.5, 0.6) is 0 Å². The highest BCUT2D eigenvalue weighted by Crippen LogP contribution is 2.24. The molecule has 0 spiro atoms. The maximum atomic E-state index is 6.01. The Kier molecular flexibility index (Phi) is 4.27. The third-order valence-corrected chi connectivity index (χ3v) is 4.34. The van der Waals surface area contributed by atoms with E-state index in [9.17, 15) is 0 Å². The molecule has 0 saturated carbocycles. The van der Waals surface area contributed by atoms with Crippen LogP contribution >= 0.6 is 27.5 Å². The van der Waals surface area contributed by atoms with Crippen molar-refractivity contribution >= 4 is 33.2 Å². The second-order valence-electron chi connectivity index (χ2n) is 4.57. The van der Waals surface area contributed by atoms with Crippen LogP contribution in [0.1, 0.15) is 5.56 Å². The molecule has 0 atom stereocenters. The van der Waals surface area contributed by atoms with Crippen molar-refractivity contribution in [1.82, 2.24) is 9.78 Å². The summed E-state index contributed by atoms with van der Waals surface area (Å²) in [6.45, 7) is 0.716. The summed E-state index contributed by atoms with van der Waals surface area (Å²) < 4.78 is 2.75. The molecule has 3 rings (SSSR count). The van der Waals surface area contributed by atoms with Crippen LogP contribution in [0.15, 0.2) is 65.4 Å². The van der Waals surface area contributed by atoms with Gasteiger partial charge in [-0.05, 0) is 51.8 Å². The van der Waals surface area contributed by atoms with Crippen molar-refractivity contribution in [3.8, 4) is 5.69 Å². The lowest BCUT2D eigenvalue weighted by molar-refractivity contribution is 0.879. The van der Waals surface area contributed by atoms with Crippen LogP contribution in [0.2, 0.25) is 5.02 Å². The third-order valence-electron chi connectivity index (χ3n) is 3.12. The normalized spacial score (nSPS) is 10.6. The van der Waals surface area contributed by atoms with Crippen molar-refractivity contribution in [2.75, 3.05) is 5.32 Å². The zero-order valence-corrected chi connectivity index (χ0v) is 13.5. The highest BCUT2D eigenvalue weighted by Gasteiger charge is 2.04. The molecule has 1 N–H and O–H groups in total. The number of halogens is 2. The van der Waals surface area contributed by atoms with Gasteiger partial charge in [0.1, 0.15) is 0 Å². The highest BCUT2D eigenvalue weighted by atomic mass is 79.9.